The number of pyridine rings is 1. The van der Waals surface area contributed by atoms with E-state index in [-0.39, 0.29) is 5.54 Å². The van der Waals surface area contributed by atoms with Gasteiger partial charge in [-0.1, -0.05) is 73.6 Å². The van der Waals surface area contributed by atoms with Gasteiger partial charge in [-0.2, -0.15) is 4.57 Å². The highest BCUT2D eigenvalue weighted by molar-refractivity contribution is 6.96. The van der Waals surface area contributed by atoms with Crippen molar-refractivity contribution in [3.63, 3.8) is 0 Å². The number of rotatable bonds is 6. The van der Waals surface area contributed by atoms with E-state index < -0.39 is 8.07 Å². The molecule has 0 aliphatic carbocycles. The third kappa shape index (κ3) is 3.43. The van der Waals surface area contributed by atoms with Gasteiger partial charge >= 0.3 is 0 Å². The van der Waals surface area contributed by atoms with Crippen LogP contribution in [0.25, 0.3) is 22.2 Å². The van der Waals surface area contributed by atoms with Crippen LogP contribution in [0.5, 0.6) is 0 Å². The van der Waals surface area contributed by atoms with Gasteiger partial charge in [-0.25, -0.2) is 0 Å². The first-order chi connectivity index (χ1) is 16.0. The number of aryl methyl sites for hydroxylation is 2. The van der Waals surface area contributed by atoms with Crippen LogP contribution in [-0.4, -0.2) is 8.07 Å². The summed E-state index contributed by atoms with van der Waals surface area (Å²) in [7, 11) is -1.78. The van der Waals surface area contributed by atoms with Crippen molar-refractivity contribution in [2.45, 2.75) is 111 Å². The Balaban J connectivity index is 2.14. The number of hydrogen-bond donors (Lipinski definition) is 0. The second-order valence-electron chi connectivity index (χ2n) is 11.9. The SMILES string of the molecule is CCC1(CC)Cc2cc(C)c(C)cc2-c2ccc3c([Si](C(C)C)(C(C)C)C(C)C)cccc3[n+]21. The van der Waals surface area contributed by atoms with Crippen molar-refractivity contribution in [3.8, 4) is 11.3 Å². The summed E-state index contributed by atoms with van der Waals surface area (Å²) in [6, 6.07) is 17.1. The Morgan fingerprint density at radius 3 is 1.97 bits per heavy atom. The van der Waals surface area contributed by atoms with Crippen LogP contribution < -0.4 is 9.75 Å². The molecule has 2 aromatic carbocycles. The lowest BCUT2D eigenvalue weighted by atomic mass is 9.78. The summed E-state index contributed by atoms with van der Waals surface area (Å²) in [5, 5.41) is 3.18. The van der Waals surface area contributed by atoms with E-state index in [2.05, 4.69) is 116 Å². The summed E-state index contributed by atoms with van der Waals surface area (Å²) >= 11 is 0. The Morgan fingerprint density at radius 1 is 0.824 bits per heavy atom. The molecule has 182 valence electrons. The van der Waals surface area contributed by atoms with Gasteiger partial charge in [-0.15, -0.1) is 0 Å². The van der Waals surface area contributed by atoms with Crippen LogP contribution in [0.15, 0.2) is 42.5 Å². The van der Waals surface area contributed by atoms with E-state index in [1.807, 2.05) is 0 Å². The zero-order valence-corrected chi connectivity index (χ0v) is 24.3. The van der Waals surface area contributed by atoms with Crippen molar-refractivity contribution in [2.24, 2.45) is 0 Å². The largest absolute Gasteiger partial charge is 0.213 e. The van der Waals surface area contributed by atoms with Crippen LogP contribution in [0.2, 0.25) is 16.6 Å². The van der Waals surface area contributed by atoms with E-state index in [1.165, 1.54) is 38.9 Å². The highest BCUT2D eigenvalue weighted by atomic mass is 28.3. The van der Waals surface area contributed by atoms with E-state index >= 15 is 0 Å². The van der Waals surface area contributed by atoms with Crippen molar-refractivity contribution < 1.29 is 4.57 Å². The molecule has 1 aromatic heterocycles. The van der Waals surface area contributed by atoms with Crippen LogP contribution in [0.1, 0.15) is 84.9 Å². The van der Waals surface area contributed by atoms with Crippen LogP contribution in [-0.2, 0) is 12.0 Å². The second-order valence-corrected chi connectivity index (χ2v) is 17.8. The Bertz CT molecular complexity index is 1190. The van der Waals surface area contributed by atoms with E-state index in [1.54, 1.807) is 5.19 Å². The molecule has 1 aliphatic rings. The molecule has 0 saturated heterocycles. The summed E-state index contributed by atoms with van der Waals surface area (Å²) in [5.74, 6) is 0. The molecule has 0 unspecified atom stereocenters. The third-order valence-electron chi connectivity index (χ3n) is 9.61. The Labute approximate surface area is 209 Å². The molecule has 2 heterocycles. The molecule has 0 bridgehead atoms. The maximum atomic E-state index is 2.77. The Kier molecular flexibility index (Phi) is 6.61. The standard InChI is InChI=1S/C32H46NSi/c1-11-32(12-2)20-26-18-24(9)25(10)19-28(26)30-17-16-27-29(33(30)32)14-13-15-31(27)34(21(3)4,22(5)6)23(7)8/h13-19,21-23H,11-12,20H2,1-10H3/q+1. The lowest BCUT2D eigenvalue weighted by Gasteiger charge is -2.44. The molecular weight excluding hydrogens is 426 g/mol. The Morgan fingerprint density at radius 2 is 1.41 bits per heavy atom. The van der Waals surface area contributed by atoms with E-state index in [4.69, 9.17) is 0 Å². The molecule has 34 heavy (non-hydrogen) atoms. The normalized spacial score (nSPS) is 15.3. The molecular formula is C32H46NSi+. The first-order valence-electron chi connectivity index (χ1n) is 13.6. The monoisotopic (exact) mass is 472 g/mol. The number of nitrogens with zero attached hydrogens (tertiary/aromatic N) is 1. The minimum Gasteiger partial charge on any atom is -0.186 e. The molecule has 0 N–H and O–H groups in total. The first-order valence-corrected chi connectivity index (χ1v) is 15.9. The minimum absolute atomic E-state index is 0.125. The molecule has 0 fully saturated rings. The predicted molar refractivity (Wildman–Crippen MR) is 152 cm³/mol. The van der Waals surface area contributed by atoms with Crippen LogP contribution in [0, 0.1) is 13.8 Å². The van der Waals surface area contributed by atoms with Gasteiger partial charge in [0.25, 0.3) is 0 Å². The quantitative estimate of drug-likeness (QED) is 0.250. The van der Waals surface area contributed by atoms with Gasteiger partial charge in [0.15, 0.2) is 5.54 Å². The molecule has 3 aromatic rings. The molecule has 4 rings (SSSR count). The lowest BCUT2D eigenvalue weighted by molar-refractivity contribution is -0.735. The van der Waals surface area contributed by atoms with Gasteiger partial charge in [0.05, 0.1) is 8.07 Å². The highest BCUT2D eigenvalue weighted by Gasteiger charge is 2.48. The molecule has 1 aliphatic heterocycles. The predicted octanol–water partition coefficient (Wildman–Crippen LogP) is 8.37. The summed E-state index contributed by atoms with van der Waals surface area (Å²) in [6.45, 7) is 24.2. The Hall–Kier alpha value is -1.93. The van der Waals surface area contributed by atoms with Crippen molar-refractivity contribution in [1.29, 1.82) is 0 Å². The summed E-state index contributed by atoms with van der Waals surface area (Å²) in [5.41, 5.74) is 10.9. The van der Waals surface area contributed by atoms with Crippen molar-refractivity contribution >= 4 is 24.2 Å². The van der Waals surface area contributed by atoms with Gasteiger partial charge in [0, 0.05) is 42.3 Å². The van der Waals surface area contributed by atoms with Gasteiger partial charge in [-0.05, 0) is 64.5 Å². The summed E-state index contributed by atoms with van der Waals surface area (Å²) < 4.78 is 2.77. The van der Waals surface area contributed by atoms with Crippen molar-refractivity contribution in [2.75, 3.05) is 0 Å². The molecule has 0 radical (unpaired) electrons. The van der Waals surface area contributed by atoms with Crippen LogP contribution in [0.3, 0.4) is 0 Å². The van der Waals surface area contributed by atoms with Gasteiger partial charge in [0.1, 0.15) is 0 Å². The van der Waals surface area contributed by atoms with Gasteiger partial charge in [-0.3, -0.25) is 0 Å². The maximum absolute atomic E-state index is 2.77. The molecule has 0 amide bonds. The smallest absolute Gasteiger partial charge is 0.186 e. The fraction of sp³-hybridized carbons (Fsp3) is 0.531. The average molecular weight is 473 g/mol. The van der Waals surface area contributed by atoms with Crippen molar-refractivity contribution in [1.82, 2.24) is 0 Å². The van der Waals surface area contributed by atoms with E-state index in [0.717, 1.165) is 19.3 Å². The lowest BCUT2D eigenvalue weighted by Crippen LogP contribution is -2.61. The first kappa shape index (κ1) is 25.2. The third-order valence-corrected chi connectivity index (χ3v) is 16.7. The molecule has 2 heteroatoms. The number of hydrogen-bond acceptors (Lipinski definition) is 0. The zero-order valence-electron chi connectivity index (χ0n) is 23.3. The van der Waals surface area contributed by atoms with E-state index in [0.29, 0.717) is 16.6 Å². The molecule has 1 nitrogen and oxygen atoms in total. The molecule has 0 saturated carbocycles. The number of aromatic nitrogens is 1. The number of benzene rings is 2. The summed E-state index contributed by atoms with van der Waals surface area (Å²) in [6.07, 6.45) is 3.43. The fourth-order valence-corrected chi connectivity index (χ4v) is 14.8. The molecule has 0 spiro atoms. The van der Waals surface area contributed by atoms with Crippen molar-refractivity contribution in [3.05, 3.63) is 59.2 Å². The topological polar surface area (TPSA) is 3.88 Å². The zero-order chi connectivity index (χ0) is 25.0. The second kappa shape index (κ2) is 8.93. The van der Waals surface area contributed by atoms with Gasteiger partial charge < -0.3 is 0 Å². The number of fused-ring (bicyclic) bond motifs is 5. The van der Waals surface area contributed by atoms with E-state index in [9.17, 15) is 0 Å². The molecule has 0 atom stereocenters. The highest BCUT2D eigenvalue weighted by Crippen LogP contribution is 2.43. The van der Waals surface area contributed by atoms with Crippen LogP contribution in [0.4, 0.5) is 0 Å². The summed E-state index contributed by atoms with van der Waals surface area (Å²) in [4.78, 5) is 0. The average Bonchev–Trinajstić information content (AvgIpc) is 2.79. The minimum atomic E-state index is -1.78. The maximum Gasteiger partial charge on any atom is 0.213 e. The van der Waals surface area contributed by atoms with Crippen LogP contribution >= 0.6 is 0 Å². The van der Waals surface area contributed by atoms with Gasteiger partial charge in [0.2, 0.25) is 11.2 Å². The fourth-order valence-electron chi connectivity index (χ4n) is 7.83.